The van der Waals surface area contributed by atoms with E-state index in [2.05, 4.69) is 4.98 Å². The van der Waals surface area contributed by atoms with Crippen LogP contribution in [0, 0.1) is 6.92 Å². The Balaban J connectivity index is 2.02. The van der Waals surface area contributed by atoms with Crippen LogP contribution in [0.15, 0.2) is 30.5 Å². The van der Waals surface area contributed by atoms with Crippen molar-refractivity contribution in [3.8, 4) is 5.75 Å². The Hall–Kier alpha value is -2.28. The van der Waals surface area contributed by atoms with E-state index in [0.717, 1.165) is 27.5 Å². The van der Waals surface area contributed by atoms with Gasteiger partial charge in [0.1, 0.15) is 11.8 Å². The molecule has 0 saturated carbocycles. The number of fused-ring (bicyclic) bond motifs is 3. The number of nitrogens with two attached hydrogens (primary N) is 1. The SMILES string of the molecule is COc1ccc2c3ccnc(C)c3n(CCCC(N)C(F)(F)F)c2c1. The van der Waals surface area contributed by atoms with Gasteiger partial charge in [0.15, 0.2) is 0 Å². The molecule has 0 spiro atoms. The summed E-state index contributed by atoms with van der Waals surface area (Å²) in [7, 11) is 1.59. The Morgan fingerprint density at radius 2 is 2.00 bits per heavy atom. The highest BCUT2D eigenvalue weighted by Crippen LogP contribution is 2.33. The lowest BCUT2D eigenvalue weighted by molar-refractivity contribution is -0.149. The summed E-state index contributed by atoms with van der Waals surface area (Å²) in [5.74, 6) is 0.703. The largest absolute Gasteiger partial charge is 0.497 e. The number of ether oxygens (including phenoxy) is 1. The fourth-order valence-corrected chi connectivity index (χ4v) is 3.19. The summed E-state index contributed by atoms with van der Waals surface area (Å²) in [5, 5.41) is 2.06. The zero-order valence-corrected chi connectivity index (χ0v) is 14.1. The molecule has 3 rings (SSSR count). The highest BCUT2D eigenvalue weighted by Gasteiger charge is 2.35. The number of hydrogen-bond acceptors (Lipinski definition) is 3. The maximum Gasteiger partial charge on any atom is 0.403 e. The Bertz CT molecular complexity index is 902. The second kappa shape index (κ2) is 6.55. The van der Waals surface area contributed by atoms with Crippen LogP contribution in [-0.2, 0) is 6.54 Å². The zero-order valence-electron chi connectivity index (χ0n) is 14.1. The van der Waals surface area contributed by atoms with Gasteiger partial charge in [-0.25, -0.2) is 0 Å². The monoisotopic (exact) mass is 351 g/mol. The molecule has 2 aromatic heterocycles. The quantitative estimate of drug-likeness (QED) is 0.750. The number of aryl methyl sites for hydroxylation is 2. The molecule has 134 valence electrons. The van der Waals surface area contributed by atoms with Crippen molar-refractivity contribution in [1.29, 1.82) is 0 Å². The summed E-state index contributed by atoms with van der Waals surface area (Å²) >= 11 is 0. The first kappa shape index (κ1) is 17.5. The fraction of sp³-hybridized carbons (Fsp3) is 0.389. The lowest BCUT2D eigenvalue weighted by Crippen LogP contribution is -2.37. The number of halogens is 3. The van der Waals surface area contributed by atoms with Crippen LogP contribution in [0.4, 0.5) is 13.2 Å². The number of benzene rings is 1. The first-order chi connectivity index (χ1) is 11.8. The van der Waals surface area contributed by atoms with Crippen LogP contribution >= 0.6 is 0 Å². The summed E-state index contributed by atoms with van der Waals surface area (Å²) in [6.07, 6.45) is -2.41. The maximum absolute atomic E-state index is 12.6. The minimum Gasteiger partial charge on any atom is -0.497 e. The summed E-state index contributed by atoms with van der Waals surface area (Å²) < 4.78 is 45.2. The van der Waals surface area contributed by atoms with E-state index in [1.54, 1.807) is 13.3 Å². The minimum absolute atomic E-state index is 0.117. The summed E-state index contributed by atoms with van der Waals surface area (Å²) in [4.78, 5) is 4.33. The van der Waals surface area contributed by atoms with Gasteiger partial charge in [-0.05, 0) is 38.0 Å². The van der Waals surface area contributed by atoms with Crippen LogP contribution in [0.2, 0.25) is 0 Å². The predicted molar refractivity (Wildman–Crippen MR) is 91.8 cm³/mol. The van der Waals surface area contributed by atoms with Gasteiger partial charge in [0.05, 0.1) is 23.8 Å². The first-order valence-electron chi connectivity index (χ1n) is 8.06. The lowest BCUT2D eigenvalue weighted by Gasteiger charge is -2.16. The van der Waals surface area contributed by atoms with Gasteiger partial charge in [-0.2, -0.15) is 13.2 Å². The molecule has 0 bridgehead atoms. The molecule has 3 aromatic rings. The van der Waals surface area contributed by atoms with Crippen molar-refractivity contribution in [2.24, 2.45) is 5.73 Å². The van der Waals surface area contributed by atoms with Crippen LogP contribution in [-0.4, -0.2) is 28.9 Å². The van der Waals surface area contributed by atoms with E-state index in [1.807, 2.05) is 35.8 Å². The highest BCUT2D eigenvalue weighted by molar-refractivity contribution is 6.09. The van der Waals surface area contributed by atoms with E-state index in [0.29, 0.717) is 18.7 Å². The van der Waals surface area contributed by atoms with Gasteiger partial charge in [0.25, 0.3) is 0 Å². The molecule has 0 aliphatic heterocycles. The van der Waals surface area contributed by atoms with Gasteiger partial charge in [-0.1, -0.05) is 0 Å². The molecule has 0 amide bonds. The second-order valence-corrected chi connectivity index (χ2v) is 6.12. The van der Waals surface area contributed by atoms with E-state index < -0.39 is 12.2 Å². The first-order valence-corrected chi connectivity index (χ1v) is 8.06. The van der Waals surface area contributed by atoms with Crippen molar-refractivity contribution < 1.29 is 17.9 Å². The third-order valence-electron chi connectivity index (χ3n) is 4.48. The van der Waals surface area contributed by atoms with Gasteiger partial charge >= 0.3 is 6.18 Å². The van der Waals surface area contributed by atoms with Crippen molar-refractivity contribution in [2.45, 2.75) is 38.5 Å². The summed E-state index contributed by atoms with van der Waals surface area (Å²) in [6, 6.07) is 5.87. The molecule has 0 saturated heterocycles. The van der Waals surface area contributed by atoms with Gasteiger partial charge < -0.3 is 15.0 Å². The number of rotatable bonds is 5. The normalized spacial score (nSPS) is 13.5. The molecule has 0 aliphatic carbocycles. The van der Waals surface area contributed by atoms with Crippen LogP contribution in [0.3, 0.4) is 0 Å². The molecule has 0 radical (unpaired) electrons. The Morgan fingerprint density at radius 3 is 2.68 bits per heavy atom. The lowest BCUT2D eigenvalue weighted by atomic mass is 10.1. The highest BCUT2D eigenvalue weighted by atomic mass is 19.4. The van der Waals surface area contributed by atoms with Gasteiger partial charge in [-0.3, -0.25) is 4.98 Å². The minimum atomic E-state index is -4.36. The Labute approximate surface area is 143 Å². The molecule has 0 fully saturated rings. The molecule has 0 aliphatic rings. The van der Waals surface area contributed by atoms with Crippen LogP contribution in [0.1, 0.15) is 18.5 Å². The van der Waals surface area contributed by atoms with Crippen molar-refractivity contribution in [3.63, 3.8) is 0 Å². The molecule has 7 heteroatoms. The van der Waals surface area contributed by atoms with E-state index in [-0.39, 0.29) is 6.42 Å². The number of aromatic nitrogens is 2. The maximum atomic E-state index is 12.6. The standard InChI is InChI=1S/C18H20F3N3O/c1-11-17-14(7-8-23-11)13-6-5-12(25-2)10-15(13)24(17)9-3-4-16(22)18(19,20)21/h5-8,10,16H,3-4,9,22H2,1-2H3. The molecule has 2 heterocycles. The van der Waals surface area contributed by atoms with Gasteiger partial charge in [-0.15, -0.1) is 0 Å². The van der Waals surface area contributed by atoms with Crippen LogP contribution in [0.25, 0.3) is 21.8 Å². The molecule has 1 unspecified atom stereocenters. The number of methoxy groups -OCH3 is 1. The molecule has 1 aromatic carbocycles. The molecule has 2 N–H and O–H groups in total. The molecule has 1 atom stereocenters. The van der Waals surface area contributed by atoms with Gasteiger partial charge in [0.2, 0.25) is 0 Å². The Morgan fingerprint density at radius 1 is 1.24 bits per heavy atom. The molecular formula is C18H20F3N3O. The van der Waals surface area contributed by atoms with Crippen molar-refractivity contribution >= 4 is 21.8 Å². The third-order valence-corrected chi connectivity index (χ3v) is 4.48. The second-order valence-electron chi connectivity index (χ2n) is 6.12. The van der Waals surface area contributed by atoms with Crippen molar-refractivity contribution in [1.82, 2.24) is 9.55 Å². The van der Waals surface area contributed by atoms with E-state index in [9.17, 15) is 13.2 Å². The molecular weight excluding hydrogens is 331 g/mol. The fourth-order valence-electron chi connectivity index (χ4n) is 3.19. The topological polar surface area (TPSA) is 53.1 Å². The summed E-state index contributed by atoms with van der Waals surface area (Å²) in [5.41, 5.74) is 7.92. The summed E-state index contributed by atoms with van der Waals surface area (Å²) in [6.45, 7) is 2.33. The van der Waals surface area contributed by atoms with Crippen LogP contribution < -0.4 is 10.5 Å². The number of alkyl halides is 3. The predicted octanol–water partition coefficient (Wildman–Crippen LogP) is 4.18. The molecule has 4 nitrogen and oxygen atoms in total. The van der Waals surface area contributed by atoms with E-state index >= 15 is 0 Å². The average Bonchev–Trinajstić information content (AvgIpc) is 2.88. The number of nitrogens with zero attached hydrogens (tertiary/aromatic N) is 2. The van der Waals surface area contributed by atoms with Crippen molar-refractivity contribution in [2.75, 3.05) is 7.11 Å². The molecule has 25 heavy (non-hydrogen) atoms. The van der Waals surface area contributed by atoms with Crippen LogP contribution in [0.5, 0.6) is 5.75 Å². The zero-order chi connectivity index (χ0) is 18.2. The van der Waals surface area contributed by atoms with E-state index in [1.165, 1.54) is 0 Å². The number of hydrogen-bond donors (Lipinski definition) is 1. The van der Waals surface area contributed by atoms with Crippen molar-refractivity contribution in [3.05, 3.63) is 36.2 Å². The average molecular weight is 351 g/mol. The third kappa shape index (κ3) is 3.28. The van der Waals surface area contributed by atoms with Gasteiger partial charge in [0, 0.05) is 29.6 Å². The Kier molecular flexibility index (Phi) is 4.60. The smallest absolute Gasteiger partial charge is 0.403 e. The van der Waals surface area contributed by atoms with E-state index in [4.69, 9.17) is 10.5 Å². The number of pyridine rings is 1.